The van der Waals surface area contributed by atoms with Crippen molar-refractivity contribution in [3.8, 4) is 0 Å². The standard InChI is InChI=1S/C14H20FNO4/c1-9-7-10(3-4-11(9)15)14(19)12(8-13(17)18)16-5-6-20-2/h3-4,7,12,14,16,19H,5-6,8H2,1-2H3,(H,17,18). The van der Waals surface area contributed by atoms with Crippen molar-refractivity contribution in [3.05, 3.63) is 35.1 Å². The summed E-state index contributed by atoms with van der Waals surface area (Å²) in [5.41, 5.74) is 0.896. The Labute approximate surface area is 117 Å². The zero-order chi connectivity index (χ0) is 15.1. The van der Waals surface area contributed by atoms with Gasteiger partial charge in [0, 0.05) is 19.7 Å². The summed E-state index contributed by atoms with van der Waals surface area (Å²) in [6, 6.07) is 3.58. The van der Waals surface area contributed by atoms with E-state index in [1.54, 1.807) is 6.92 Å². The van der Waals surface area contributed by atoms with Crippen LogP contribution in [0.3, 0.4) is 0 Å². The second-order valence-corrected chi connectivity index (χ2v) is 4.60. The molecule has 2 unspecified atom stereocenters. The van der Waals surface area contributed by atoms with Crippen LogP contribution in [0.4, 0.5) is 4.39 Å². The summed E-state index contributed by atoms with van der Waals surface area (Å²) < 4.78 is 18.1. The lowest BCUT2D eigenvalue weighted by atomic mass is 9.98. The molecule has 0 bridgehead atoms. The van der Waals surface area contributed by atoms with Gasteiger partial charge >= 0.3 is 5.97 Å². The number of nitrogens with one attached hydrogen (secondary N) is 1. The van der Waals surface area contributed by atoms with E-state index in [0.717, 1.165) is 0 Å². The molecule has 0 aromatic heterocycles. The van der Waals surface area contributed by atoms with Gasteiger partial charge in [-0.3, -0.25) is 4.79 Å². The fourth-order valence-electron chi connectivity index (χ4n) is 1.91. The van der Waals surface area contributed by atoms with Crippen LogP contribution in [-0.2, 0) is 9.53 Å². The Hall–Kier alpha value is -1.50. The number of aliphatic hydroxyl groups excluding tert-OH is 1. The van der Waals surface area contributed by atoms with E-state index < -0.39 is 18.1 Å². The lowest BCUT2D eigenvalue weighted by molar-refractivity contribution is -0.138. The van der Waals surface area contributed by atoms with Gasteiger partial charge in [-0.15, -0.1) is 0 Å². The van der Waals surface area contributed by atoms with Gasteiger partial charge in [-0.1, -0.05) is 12.1 Å². The van der Waals surface area contributed by atoms with Gasteiger partial charge in [0.2, 0.25) is 0 Å². The van der Waals surface area contributed by atoms with Gasteiger partial charge in [0.1, 0.15) is 5.82 Å². The minimum Gasteiger partial charge on any atom is -0.481 e. The van der Waals surface area contributed by atoms with Crippen molar-refractivity contribution in [2.45, 2.75) is 25.5 Å². The van der Waals surface area contributed by atoms with Crippen LogP contribution < -0.4 is 5.32 Å². The number of benzene rings is 1. The second kappa shape index (κ2) is 7.94. The normalized spacial score (nSPS) is 14.0. The maximum atomic E-state index is 13.2. The first kappa shape index (κ1) is 16.6. The number of rotatable bonds is 8. The van der Waals surface area contributed by atoms with Crippen molar-refractivity contribution in [1.29, 1.82) is 0 Å². The molecule has 0 amide bonds. The number of aliphatic hydroxyl groups is 1. The van der Waals surface area contributed by atoms with Gasteiger partial charge in [0.15, 0.2) is 0 Å². The first-order valence-corrected chi connectivity index (χ1v) is 6.34. The molecule has 0 spiro atoms. The monoisotopic (exact) mass is 285 g/mol. The minimum absolute atomic E-state index is 0.235. The summed E-state index contributed by atoms with van der Waals surface area (Å²) >= 11 is 0. The second-order valence-electron chi connectivity index (χ2n) is 4.60. The fraction of sp³-hybridized carbons (Fsp3) is 0.500. The molecular weight excluding hydrogens is 265 g/mol. The van der Waals surface area contributed by atoms with Crippen LogP contribution >= 0.6 is 0 Å². The van der Waals surface area contributed by atoms with E-state index in [9.17, 15) is 14.3 Å². The quantitative estimate of drug-likeness (QED) is 0.626. The minimum atomic E-state index is -1.03. The van der Waals surface area contributed by atoms with Crippen molar-refractivity contribution in [2.24, 2.45) is 0 Å². The van der Waals surface area contributed by atoms with E-state index in [1.807, 2.05) is 0 Å². The van der Waals surface area contributed by atoms with Crippen LogP contribution in [0, 0.1) is 12.7 Å². The number of halogens is 1. The highest BCUT2D eigenvalue weighted by molar-refractivity contribution is 5.67. The summed E-state index contributed by atoms with van der Waals surface area (Å²) in [5, 5.41) is 22.1. The Morgan fingerprint density at radius 2 is 2.20 bits per heavy atom. The predicted molar refractivity (Wildman–Crippen MR) is 72.0 cm³/mol. The number of carboxylic acid groups (broad SMARTS) is 1. The zero-order valence-electron chi connectivity index (χ0n) is 11.6. The van der Waals surface area contributed by atoms with E-state index in [-0.39, 0.29) is 12.2 Å². The SMILES string of the molecule is COCCNC(CC(=O)O)C(O)c1ccc(F)c(C)c1. The number of carbonyl (C=O) groups is 1. The summed E-state index contributed by atoms with van der Waals surface area (Å²) in [6.07, 6.45) is -1.26. The van der Waals surface area contributed by atoms with Gasteiger partial charge < -0.3 is 20.3 Å². The van der Waals surface area contributed by atoms with Crippen LogP contribution in [0.15, 0.2) is 18.2 Å². The Morgan fingerprint density at radius 3 is 2.75 bits per heavy atom. The highest BCUT2D eigenvalue weighted by Crippen LogP contribution is 2.21. The van der Waals surface area contributed by atoms with E-state index in [1.165, 1.54) is 25.3 Å². The Morgan fingerprint density at radius 1 is 1.50 bits per heavy atom. The maximum absolute atomic E-state index is 13.2. The van der Waals surface area contributed by atoms with Gasteiger partial charge in [-0.25, -0.2) is 4.39 Å². The molecule has 3 N–H and O–H groups in total. The molecule has 112 valence electrons. The molecule has 0 heterocycles. The van der Waals surface area contributed by atoms with Crippen LogP contribution in [0.1, 0.15) is 23.7 Å². The average Bonchev–Trinajstić information content (AvgIpc) is 2.40. The number of carboxylic acids is 1. The van der Waals surface area contributed by atoms with Crippen LogP contribution in [0.2, 0.25) is 0 Å². The summed E-state index contributed by atoms with van der Waals surface area (Å²) in [6.45, 7) is 2.42. The van der Waals surface area contributed by atoms with Crippen LogP contribution in [-0.4, -0.2) is 42.5 Å². The van der Waals surface area contributed by atoms with Crippen molar-refractivity contribution in [1.82, 2.24) is 5.32 Å². The molecule has 5 nitrogen and oxygen atoms in total. The maximum Gasteiger partial charge on any atom is 0.305 e. The van der Waals surface area contributed by atoms with Crippen molar-refractivity contribution in [3.63, 3.8) is 0 Å². The summed E-state index contributed by atoms with van der Waals surface area (Å²) in [4.78, 5) is 10.9. The highest BCUT2D eigenvalue weighted by atomic mass is 19.1. The van der Waals surface area contributed by atoms with Gasteiger partial charge in [0.25, 0.3) is 0 Å². The third kappa shape index (κ3) is 4.88. The number of hydrogen-bond donors (Lipinski definition) is 3. The van der Waals surface area contributed by atoms with Gasteiger partial charge in [0.05, 0.1) is 19.1 Å². The van der Waals surface area contributed by atoms with E-state index in [0.29, 0.717) is 24.3 Å². The Bertz CT molecular complexity index is 453. The Balaban J connectivity index is 2.81. The number of aliphatic carboxylic acids is 1. The highest BCUT2D eigenvalue weighted by Gasteiger charge is 2.23. The molecule has 0 aliphatic heterocycles. The molecule has 1 aromatic carbocycles. The molecule has 0 aliphatic carbocycles. The number of aryl methyl sites for hydroxylation is 1. The van der Waals surface area contributed by atoms with Crippen molar-refractivity contribution in [2.75, 3.05) is 20.3 Å². The predicted octanol–water partition coefficient (Wildman–Crippen LogP) is 1.25. The average molecular weight is 285 g/mol. The van der Waals surface area contributed by atoms with Gasteiger partial charge in [-0.05, 0) is 24.1 Å². The zero-order valence-corrected chi connectivity index (χ0v) is 11.6. The topological polar surface area (TPSA) is 78.8 Å². The molecule has 1 aromatic rings. The largest absolute Gasteiger partial charge is 0.481 e. The summed E-state index contributed by atoms with van der Waals surface area (Å²) in [7, 11) is 1.54. The Kier molecular flexibility index (Phi) is 6.57. The molecule has 6 heteroatoms. The van der Waals surface area contributed by atoms with Gasteiger partial charge in [-0.2, -0.15) is 0 Å². The smallest absolute Gasteiger partial charge is 0.305 e. The van der Waals surface area contributed by atoms with Crippen LogP contribution in [0.25, 0.3) is 0 Å². The molecular formula is C14H20FNO4. The number of ether oxygens (including phenoxy) is 1. The molecule has 0 aliphatic rings. The lowest BCUT2D eigenvalue weighted by Crippen LogP contribution is -2.38. The van der Waals surface area contributed by atoms with Crippen molar-refractivity contribution < 1.29 is 24.1 Å². The molecule has 0 saturated heterocycles. The first-order valence-electron chi connectivity index (χ1n) is 6.34. The third-order valence-corrected chi connectivity index (χ3v) is 3.01. The molecule has 1 rings (SSSR count). The third-order valence-electron chi connectivity index (χ3n) is 3.01. The lowest BCUT2D eigenvalue weighted by Gasteiger charge is -2.23. The molecule has 0 radical (unpaired) electrons. The van der Waals surface area contributed by atoms with E-state index in [4.69, 9.17) is 9.84 Å². The van der Waals surface area contributed by atoms with Crippen molar-refractivity contribution >= 4 is 5.97 Å². The molecule has 20 heavy (non-hydrogen) atoms. The molecule has 0 fully saturated rings. The number of methoxy groups -OCH3 is 1. The fourth-order valence-corrected chi connectivity index (χ4v) is 1.91. The van der Waals surface area contributed by atoms with E-state index in [2.05, 4.69) is 5.32 Å². The van der Waals surface area contributed by atoms with E-state index >= 15 is 0 Å². The molecule has 0 saturated carbocycles. The first-order chi connectivity index (χ1) is 9.45. The number of hydrogen-bond acceptors (Lipinski definition) is 4. The molecule has 2 atom stereocenters. The van der Waals surface area contributed by atoms with Crippen LogP contribution in [0.5, 0.6) is 0 Å². The summed E-state index contributed by atoms with van der Waals surface area (Å²) in [5.74, 6) is -1.37.